The quantitative estimate of drug-likeness (QED) is 0.311. The fraction of sp³-hybridized carbons (Fsp3) is 0.800. The van der Waals surface area contributed by atoms with E-state index in [4.69, 9.17) is 0 Å². The minimum atomic E-state index is -4.41. The molecule has 0 heterocycles. The molecule has 0 bridgehead atoms. The maximum atomic E-state index is 11.6. The van der Waals surface area contributed by atoms with Gasteiger partial charge in [0.1, 0.15) is 11.6 Å². The fourth-order valence-corrected chi connectivity index (χ4v) is 0.896. The highest BCUT2D eigenvalue weighted by Crippen LogP contribution is 2.15. The van der Waals surface area contributed by atoms with Crippen molar-refractivity contribution >= 4 is 16.8 Å². The molecule has 0 atom stereocenters. The van der Waals surface area contributed by atoms with Gasteiger partial charge in [-0.3, -0.25) is 15.1 Å². The number of alkyl halides is 3. The summed E-state index contributed by atoms with van der Waals surface area (Å²) in [7, 11) is 0. The van der Waals surface area contributed by atoms with Crippen LogP contribution in [0.25, 0.3) is 0 Å². The predicted octanol–water partition coefficient (Wildman–Crippen LogP) is 1.59. The number of nitrogens with zero attached hydrogens (tertiary/aromatic N) is 2. The highest BCUT2D eigenvalue weighted by molar-refractivity contribution is 8.13. The third-order valence-corrected chi connectivity index (χ3v) is 1.66. The molecule has 76 valence electrons. The maximum absolute atomic E-state index is 11.6. The van der Waals surface area contributed by atoms with E-state index in [-0.39, 0.29) is 5.04 Å². The Morgan fingerprint density at radius 3 is 2.46 bits per heavy atom. The first-order valence-electron chi connectivity index (χ1n) is 3.11. The fourth-order valence-electron chi connectivity index (χ4n) is 0.467. The Morgan fingerprint density at radius 1 is 1.62 bits per heavy atom. The third kappa shape index (κ3) is 7.57. The van der Waals surface area contributed by atoms with Crippen LogP contribution in [-0.4, -0.2) is 35.5 Å². The van der Waals surface area contributed by atoms with E-state index in [1.165, 1.54) is 6.26 Å². The van der Waals surface area contributed by atoms with Crippen LogP contribution in [0.5, 0.6) is 0 Å². The van der Waals surface area contributed by atoms with Crippen LogP contribution in [-0.2, 0) is 0 Å². The Kier molecular flexibility index (Phi) is 4.74. The van der Waals surface area contributed by atoms with Crippen LogP contribution in [0.1, 0.15) is 0 Å². The molecule has 0 unspecified atom stereocenters. The van der Waals surface area contributed by atoms with Crippen LogP contribution in [0.15, 0.2) is 4.99 Å². The lowest BCUT2D eigenvalue weighted by molar-refractivity contribution is -0.462. The second-order valence-corrected chi connectivity index (χ2v) is 2.90. The Balaban J connectivity index is 4.15. The van der Waals surface area contributed by atoms with Gasteiger partial charge in [-0.1, -0.05) is 0 Å². The summed E-state index contributed by atoms with van der Waals surface area (Å²) in [4.78, 5) is 12.3. The summed E-state index contributed by atoms with van der Waals surface area (Å²) in [6.07, 6.45) is -2.96. The smallest absolute Gasteiger partial charge is 0.267 e. The summed E-state index contributed by atoms with van der Waals surface area (Å²) < 4.78 is 34.8. The van der Waals surface area contributed by atoms with Crippen molar-refractivity contribution in [3.05, 3.63) is 10.1 Å². The van der Waals surface area contributed by atoms with Gasteiger partial charge in [0.15, 0.2) is 0 Å². The molecule has 8 heteroatoms. The number of halogens is 3. The molecule has 0 aromatic rings. The SMILES string of the molecule is CSC(C[N+](=O)[O-])=NCC(F)(F)F. The van der Waals surface area contributed by atoms with Crippen molar-refractivity contribution in [3.8, 4) is 0 Å². The molecule has 4 nitrogen and oxygen atoms in total. The molecule has 13 heavy (non-hydrogen) atoms. The number of hydrogen-bond donors (Lipinski definition) is 0. The van der Waals surface area contributed by atoms with Gasteiger partial charge in [-0.15, -0.1) is 11.8 Å². The van der Waals surface area contributed by atoms with Gasteiger partial charge in [-0.2, -0.15) is 13.2 Å². The van der Waals surface area contributed by atoms with Crippen molar-refractivity contribution in [1.82, 2.24) is 0 Å². The van der Waals surface area contributed by atoms with Gasteiger partial charge in [0.25, 0.3) is 6.54 Å². The first kappa shape index (κ1) is 12.2. The van der Waals surface area contributed by atoms with E-state index in [0.717, 1.165) is 11.8 Å². The molecular formula is C5H7F3N2O2S. The minimum Gasteiger partial charge on any atom is -0.267 e. The van der Waals surface area contributed by atoms with E-state index in [1.807, 2.05) is 0 Å². The molecule has 0 saturated carbocycles. The van der Waals surface area contributed by atoms with Crippen molar-refractivity contribution in [2.45, 2.75) is 6.18 Å². The molecule has 0 N–H and O–H groups in total. The molecule has 0 radical (unpaired) electrons. The molecule has 0 aliphatic rings. The van der Waals surface area contributed by atoms with Gasteiger partial charge < -0.3 is 0 Å². The summed E-state index contributed by atoms with van der Waals surface area (Å²) in [6, 6.07) is 0. The van der Waals surface area contributed by atoms with Gasteiger partial charge in [-0.05, 0) is 6.26 Å². The zero-order chi connectivity index (χ0) is 10.5. The van der Waals surface area contributed by atoms with E-state index in [9.17, 15) is 23.3 Å². The van der Waals surface area contributed by atoms with E-state index >= 15 is 0 Å². The highest BCUT2D eigenvalue weighted by Gasteiger charge is 2.27. The molecule has 0 amide bonds. The topological polar surface area (TPSA) is 55.5 Å². The summed E-state index contributed by atoms with van der Waals surface area (Å²) in [5.74, 6) is 0. The molecule has 0 saturated heterocycles. The van der Waals surface area contributed by atoms with Crippen LogP contribution in [0.2, 0.25) is 0 Å². The first-order valence-corrected chi connectivity index (χ1v) is 4.33. The number of nitro groups is 1. The number of thioether (sulfide) groups is 1. The van der Waals surface area contributed by atoms with Crippen LogP contribution in [0, 0.1) is 10.1 Å². The molecule has 0 aliphatic carbocycles. The number of rotatable bonds is 3. The zero-order valence-corrected chi connectivity index (χ0v) is 7.48. The standard InChI is InChI=1S/C5H7F3N2O2S/c1-13-4(2-10(11)12)9-3-5(6,7)8/h2-3H2,1H3. The van der Waals surface area contributed by atoms with Gasteiger partial charge >= 0.3 is 6.18 Å². The average Bonchev–Trinajstić information content (AvgIpc) is 1.95. The Bertz CT molecular complexity index is 216. The molecule has 0 aromatic heterocycles. The Labute approximate surface area is 76.4 Å². The number of hydrogen-bond acceptors (Lipinski definition) is 4. The van der Waals surface area contributed by atoms with Crippen LogP contribution >= 0.6 is 11.8 Å². The predicted molar refractivity (Wildman–Crippen MR) is 43.7 cm³/mol. The molecule has 0 aromatic carbocycles. The largest absolute Gasteiger partial charge is 0.407 e. The van der Waals surface area contributed by atoms with Crippen LogP contribution in [0.4, 0.5) is 13.2 Å². The van der Waals surface area contributed by atoms with Crippen molar-refractivity contribution < 1.29 is 18.1 Å². The molecule has 0 fully saturated rings. The van der Waals surface area contributed by atoms with Crippen molar-refractivity contribution in [3.63, 3.8) is 0 Å². The normalized spacial score (nSPS) is 13.1. The lowest BCUT2D eigenvalue weighted by Gasteiger charge is -2.02. The third-order valence-electron chi connectivity index (χ3n) is 0.935. The number of aliphatic imine (C=N–C) groups is 1. The average molecular weight is 216 g/mol. The molecule has 0 rings (SSSR count). The highest BCUT2D eigenvalue weighted by atomic mass is 32.2. The van der Waals surface area contributed by atoms with Gasteiger partial charge in [0.2, 0.25) is 0 Å². The second kappa shape index (κ2) is 5.05. The summed E-state index contributed by atoms with van der Waals surface area (Å²) in [5.41, 5.74) is 0. The Morgan fingerprint density at radius 2 is 2.15 bits per heavy atom. The lowest BCUT2D eigenvalue weighted by Crippen LogP contribution is -2.16. The van der Waals surface area contributed by atoms with Gasteiger partial charge in [-0.25, -0.2) is 0 Å². The first-order chi connectivity index (χ1) is 5.85. The van der Waals surface area contributed by atoms with Gasteiger partial charge in [0.05, 0.1) is 0 Å². The van der Waals surface area contributed by atoms with Crippen molar-refractivity contribution in [1.29, 1.82) is 0 Å². The summed E-state index contributed by atoms with van der Waals surface area (Å²) >= 11 is 0.847. The van der Waals surface area contributed by atoms with Crippen LogP contribution < -0.4 is 0 Å². The minimum absolute atomic E-state index is 0.123. The lowest BCUT2D eigenvalue weighted by atomic mass is 10.6. The molecule has 0 aliphatic heterocycles. The molecule has 0 spiro atoms. The van der Waals surface area contributed by atoms with Gasteiger partial charge in [0, 0.05) is 4.92 Å². The molecular weight excluding hydrogens is 209 g/mol. The monoisotopic (exact) mass is 216 g/mol. The second-order valence-electron chi connectivity index (χ2n) is 2.02. The summed E-state index contributed by atoms with van der Waals surface area (Å²) in [5, 5.41) is 9.80. The van der Waals surface area contributed by atoms with E-state index < -0.39 is 24.2 Å². The zero-order valence-electron chi connectivity index (χ0n) is 6.67. The van der Waals surface area contributed by atoms with Crippen molar-refractivity contribution in [2.75, 3.05) is 19.3 Å². The van der Waals surface area contributed by atoms with E-state index in [2.05, 4.69) is 4.99 Å². The summed E-state index contributed by atoms with van der Waals surface area (Å²) in [6.45, 7) is -2.02. The van der Waals surface area contributed by atoms with Crippen LogP contribution in [0.3, 0.4) is 0 Å². The Hall–Kier alpha value is -0.790. The van der Waals surface area contributed by atoms with E-state index in [1.54, 1.807) is 0 Å². The maximum Gasteiger partial charge on any atom is 0.407 e. The van der Waals surface area contributed by atoms with Crippen molar-refractivity contribution in [2.24, 2.45) is 4.99 Å². The van der Waals surface area contributed by atoms with E-state index in [0.29, 0.717) is 0 Å².